The molecule has 1 unspecified atom stereocenters. The molecule has 1 aliphatic heterocycles. The van der Waals surface area contributed by atoms with E-state index in [-0.39, 0.29) is 11.9 Å². The quantitative estimate of drug-likeness (QED) is 0.668. The third kappa shape index (κ3) is 4.45. The number of rotatable bonds is 6. The van der Waals surface area contributed by atoms with Crippen LogP contribution in [0.25, 0.3) is 0 Å². The molecule has 1 aliphatic rings. The molecule has 1 saturated heterocycles. The Bertz CT molecular complexity index is 634. The van der Waals surface area contributed by atoms with E-state index in [0.717, 1.165) is 12.8 Å². The molecule has 0 spiro atoms. The zero-order valence-corrected chi connectivity index (χ0v) is 16.4. The zero-order chi connectivity index (χ0) is 18.4. The third-order valence-electron chi connectivity index (χ3n) is 4.09. The second-order valence-electron chi connectivity index (χ2n) is 5.68. The van der Waals surface area contributed by atoms with Gasteiger partial charge in [0.25, 0.3) is 5.91 Å². The van der Waals surface area contributed by atoms with Crippen LogP contribution in [0.2, 0.25) is 0 Å². The minimum atomic E-state index is -0.530. The number of carbonyl (C=O) groups excluding carboxylic acids is 2. The average Bonchev–Trinajstić information content (AvgIpc) is 2.62. The van der Waals surface area contributed by atoms with Crippen LogP contribution in [0, 0.1) is 0 Å². The summed E-state index contributed by atoms with van der Waals surface area (Å²) in [6.45, 7) is 4.97. The van der Waals surface area contributed by atoms with Crippen LogP contribution >= 0.6 is 15.9 Å². The summed E-state index contributed by atoms with van der Waals surface area (Å²) in [7, 11) is 1.53. The second-order valence-corrected chi connectivity index (χ2v) is 6.54. The Kier molecular flexibility index (Phi) is 7.11. The standard InChI is InChI=1S/C18H24BrNO5/c1-4-24-16-13(19)10-12(11-15(16)23-3)17(21)20-9-7-6-8-14(20)18(22)25-5-2/h10-11,14H,4-9H2,1-3H3. The summed E-state index contributed by atoms with van der Waals surface area (Å²) < 4.78 is 16.7. The number of ether oxygens (including phenoxy) is 3. The lowest BCUT2D eigenvalue weighted by Gasteiger charge is -2.34. The Morgan fingerprint density at radius 2 is 2.00 bits per heavy atom. The molecule has 1 heterocycles. The van der Waals surface area contributed by atoms with Crippen LogP contribution in [0.5, 0.6) is 11.5 Å². The van der Waals surface area contributed by atoms with E-state index in [9.17, 15) is 9.59 Å². The molecule has 1 atom stereocenters. The summed E-state index contributed by atoms with van der Waals surface area (Å²) in [4.78, 5) is 26.8. The van der Waals surface area contributed by atoms with Crippen LogP contribution in [0.3, 0.4) is 0 Å². The predicted molar refractivity (Wildman–Crippen MR) is 97.2 cm³/mol. The van der Waals surface area contributed by atoms with Gasteiger partial charge in [0.05, 0.1) is 24.8 Å². The van der Waals surface area contributed by atoms with Gasteiger partial charge < -0.3 is 19.1 Å². The van der Waals surface area contributed by atoms with Gasteiger partial charge in [0.2, 0.25) is 0 Å². The summed E-state index contributed by atoms with van der Waals surface area (Å²) in [5.74, 6) is 0.485. The van der Waals surface area contributed by atoms with E-state index in [1.54, 1.807) is 24.0 Å². The van der Waals surface area contributed by atoms with Crippen molar-refractivity contribution < 1.29 is 23.8 Å². The van der Waals surface area contributed by atoms with E-state index in [0.29, 0.717) is 47.7 Å². The monoisotopic (exact) mass is 413 g/mol. The maximum atomic E-state index is 13.0. The first kappa shape index (κ1) is 19.6. The number of benzene rings is 1. The van der Waals surface area contributed by atoms with Gasteiger partial charge in [-0.1, -0.05) is 0 Å². The first-order valence-electron chi connectivity index (χ1n) is 8.51. The predicted octanol–water partition coefficient (Wildman–Crippen LogP) is 3.41. The Morgan fingerprint density at radius 3 is 2.64 bits per heavy atom. The SMILES string of the molecule is CCOC(=O)C1CCCCN1C(=O)c1cc(Br)c(OCC)c(OC)c1. The minimum Gasteiger partial charge on any atom is -0.493 e. The zero-order valence-electron chi connectivity index (χ0n) is 14.8. The largest absolute Gasteiger partial charge is 0.493 e. The molecule has 0 saturated carbocycles. The fourth-order valence-corrected chi connectivity index (χ4v) is 3.51. The summed E-state index contributed by atoms with van der Waals surface area (Å²) >= 11 is 3.43. The number of amides is 1. The normalized spacial score (nSPS) is 17.1. The molecule has 0 N–H and O–H groups in total. The second kappa shape index (κ2) is 9.08. The van der Waals surface area contributed by atoms with Crippen molar-refractivity contribution >= 4 is 27.8 Å². The smallest absolute Gasteiger partial charge is 0.328 e. The van der Waals surface area contributed by atoms with Gasteiger partial charge in [-0.05, 0) is 61.2 Å². The number of likely N-dealkylation sites (tertiary alicyclic amines) is 1. The number of halogens is 1. The van der Waals surface area contributed by atoms with Gasteiger partial charge >= 0.3 is 5.97 Å². The first-order chi connectivity index (χ1) is 12.0. The molecular formula is C18H24BrNO5. The number of esters is 1. The molecule has 1 aromatic rings. The highest BCUT2D eigenvalue weighted by Gasteiger charge is 2.34. The van der Waals surface area contributed by atoms with Crippen LogP contribution in [0.15, 0.2) is 16.6 Å². The van der Waals surface area contributed by atoms with Crippen molar-refractivity contribution in [3.05, 3.63) is 22.2 Å². The van der Waals surface area contributed by atoms with Crippen molar-refractivity contribution in [1.82, 2.24) is 4.90 Å². The molecule has 1 amide bonds. The van der Waals surface area contributed by atoms with Crippen LogP contribution in [-0.2, 0) is 9.53 Å². The molecule has 138 valence electrons. The molecule has 1 aromatic carbocycles. The van der Waals surface area contributed by atoms with Crippen molar-refractivity contribution in [1.29, 1.82) is 0 Å². The maximum Gasteiger partial charge on any atom is 0.328 e. The summed E-state index contributed by atoms with van der Waals surface area (Å²) in [5, 5.41) is 0. The molecule has 0 radical (unpaired) electrons. The fraction of sp³-hybridized carbons (Fsp3) is 0.556. The lowest BCUT2D eigenvalue weighted by Crippen LogP contribution is -2.48. The van der Waals surface area contributed by atoms with E-state index in [2.05, 4.69) is 15.9 Å². The molecular weight excluding hydrogens is 390 g/mol. The van der Waals surface area contributed by atoms with Crippen LogP contribution < -0.4 is 9.47 Å². The van der Waals surface area contributed by atoms with Crippen molar-refractivity contribution in [3.63, 3.8) is 0 Å². The van der Waals surface area contributed by atoms with Gasteiger partial charge in [-0.15, -0.1) is 0 Å². The number of methoxy groups -OCH3 is 1. The van der Waals surface area contributed by atoms with Gasteiger partial charge in [0, 0.05) is 12.1 Å². The topological polar surface area (TPSA) is 65.1 Å². The number of carbonyl (C=O) groups is 2. The first-order valence-corrected chi connectivity index (χ1v) is 9.30. The lowest BCUT2D eigenvalue weighted by molar-refractivity contribution is -0.149. The number of piperidine rings is 1. The molecule has 0 aromatic heterocycles. The van der Waals surface area contributed by atoms with Gasteiger partial charge in [0.15, 0.2) is 11.5 Å². The van der Waals surface area contributed by atoms with Crippen LogP contribution in [0.4, 0.5) is 0 Å². The van der Waals surface area contributed by atoms with Gasteiger partial charge in [0.1, 0.15) is 6.04 Å². The fourth-order valence-electron chi connectivity index (χ4n) is 2.95. The number of hydrogen-bond donors (Lipinski definition) is 0. The van der Waals surface area contributed by atoms with E-state index in [4.69, 9.17) is 14.2 Å². The molecule has 2 rings (SSSR count). The van der Waals surface area contributed by atoms with Crippen LogP contribution in [0.1, 0.15) is 43.5 Å². The van der Waals surface area contributed by atoms with Gasteiger partial charge in [-0.3, -0.25) is 4.79 Å². The molecule has 7 heteroatoms. The van der Waals surface area contributed by atoms with Crippen molar-refractivity contribution in [2.24, 2.45) is 0 Å². The van der Waals surface area contributed by atoms with Crippen LogP contribution in [-0.4, -0.2) is 49.7 Å². The third-order valence-corrected chi connectivity index (χ3v) is 4.68. The Labute approximate surface area is 156 Å². The Morgan fingerprint density at radius 1 is 1.24 bits per heavy atom. The highest BCUT2D eigenvalue weighted by atomic mass is 79.9. The number of nitrogens with zero attached hydrogens (tertiary/aromatic N) is 1. The van der Waals surface area contributed by atoms with Crippen molar-refractivity contribution in [3.8, 4) is 11.5 Å². The Hall–Kier alpha value is -1.76. The minimum absolute atomic E-state index is 0.209. The summed E-state index contributed by atoms with van der Waals surface area (Å²) in [6, 6.07) is 2.82. The van der Waals surface area contributed by atoms with Crippen molar-refractivity contribution in [2.75, 3.05) is 26.9 Å². The highest BCUT2D eigenvalue weighted by molar-refractivity contribution is 9.10. The average molecular weight is 414 g/mol. The van der Waals surface area contributed by atoms with E-state index in [1.165, 1.54) is 7.11 Å². The molecule has 0 bridgehead atoms. The molecule has 1 fully saturated rings. The summed E-state index contributed by atoms with van der Waals surface area (Å²) in [5.41, 5.74) is 0.448. The molecule has 6 nitrogen and oxygen atoms in total. The van der Waals surface area contributed by atoms with Crippen molar-refractivity contribution in [2.45, 2.75) is 39.2 Å². The van der Waals surface area contributed by atoms with E-state index < -0.39 is 6.04 Å². The summed E-state index contributed by atoms with van der Waals surface area (Å²) in [6.07, 6.45) is 2.40. The molecule has 0 aliphatic carbocycles. The van der Waals surface area contributed by atoms with Gasteiger partial charge in [-0.25, -0.2) is 4.79 Å². The van der Waals surface area contributed by atoms with E-state index >= 15 is 0 Å². The highest BCUT2D eigenvalue weighted by Crippen LogP contribution is 2.37. The van der Waals surface area contributed by atoms with E-state index in [1.807, 2.05) is 6.92 Å². The number of hydrogen-bond acceptors (Lipinski definition) is 5. The Balaban J connectivity index is 2.31. The van der Waals surface area contributed by atoms with Gasteiger partial charge in [-0.2, -0.15) is 0 Å². The lowest BCUT2D eigenvalue weighted by atomic mass is 10.0. The maximum absolute atomic E-state index is 13.0. The molecule has 25 heavy (non-hydrogen) atoms.